The van der Waals surface area contributed by atoms with Crippen LogP contribution in [-0.4, -0.2) is 28.0 Å². The number of anilines is 3. The van der Waals surface area contributed by atoms with Gasteiger partial charge < -0.3 is 22.1 Å². The SMILES string of the molecule is NC(=O)c1cnc(N[C@@H]2CCCCC2N)cc1Nc1cccc(C(F)(F)F)n1. The van der Waals surface area contributed by atoms with Gasteiger partial charge in [0, 0.05) is 24.3 Å². The summed E-state index contributed by atoms with van der Waals surface area (Å²) in [4.78, 5) is 19.4. The topological polar surface area (TPSA) is 119 Å². The number of halogens is 3. The van der Waals surface area contributed by atoms with Gasteiger partial charge in [0.05, 0.1) is 11.3 Å². The molecule has 1 unspecified atom stereocenters. The number of rotatable bonds is 5. The van der Waals surface area contributed by atoms with Crippen molar-refractivity contribution in [2.45, 2.75) is 43.9 Å². The van der Waals surface area contributed by atoms with E-state index in [9.17, 15) is 18.0 Å². The first kappa shape index (κ1) is 19.9. The third kappa shape index (κ3) is 4.69. The molecule has 2 aromatic rings. The number of hydrogen-bond donors (Lipinski definition) is 4. The van der Waals surface area contributed by atoms with Gasteiger partial charge in [0.1, 0.15) is 17.3 Å². The second-order valence-electron chi connectivity index (χ2n) is 6.71. The molecule has 0 radical (unpaired) electrons. The number of carbonyl (C=O) groups excluding carboxylic acids is 1. The number of hydrogen-bond acceptors (Lipinski definition) is 6. The van der Waals surface area contributed by atoms with E-state index in [-0.39, 0.29) is 29.2 Å². The second kappa shape index (κ2) is 8.01. The van der Waals surface area contributed by atoms with Crippen LogP contribution in [0.3, 0.4) is 0 Å². The van der Waals surface area contributed by atoms with Crippen LogP contribution in [0.2, 0.25) is 0 Å². The van der Waals surface area contributed by atoms with Crippen molar-refractivity contribution in [3.63, 3.8) is 0 Å². The van der Waals surface area contributed by atoms with Crippen molar-refractivity contribution in [3.05, 3.63) is 41.7 Å². The summed E-state index contributed by atoms with van der Waals surface area (Å²) in [5.74, 6) is -0.381. The summed E-state index contributed by atoms with van der Waals surface area (Å²) in [6.07, 6.45) is 0.599. The Morgan fingerprint density at radius 3 is 2.61 bits per heavy atom. The summed E-state index contributed by atoms with van der Waals surface area (Å²) >= 11 is 0. The zero-order chi connectivity index (χ0) is 20.3. The molecule has 3 rings (SSSR count). The fourth-order valence-corrected chi connectivity index (χ4v) is 3.16. The van der Waals surface area contributed by atoms with E-state index in [1.165, 1.54) is 24.4 Å². The fourth-order valence-electron chi connectivity index (χ4n) is 3.16. The van der Waals surface area contributed by atoms with Crippen LogP contribution >= 0.6 is 0 Å². The van der Waals surface area contributed by atoms with E-state index in [2.05, 4.69) is 20.6 Å². The summed E-state index contributed by atoms with van der Waals surface area (Å²) in [5, 5.41) is 5.96. The largest absolute Gasteiger partial charge is 0.433 e. The molecule has 10 heteroatoms. The predicted octanol–water partition coefficient (Wildman–Crippen LogP) is 3.02. The Kier molecular flexibility index (Phi) is 5.68. The van der Waals surface area contributed by atoms with E-state index in [4.69, 9.17) is 11.5 Å². The highest BCUT2D eigenvalue weighted by Gasteiger charge is 2.32. The molecule has 2 aromatic heterocycles. The highest BCUT2D eigenvalue weighted by molar-refractivity contribution is 5.99. The van der Waals surface area contributed by atoms with Crippen molar-refractivity contribution in [2.24, 2.45) is 11.5 Å². The summed E-state index contributed by atoms with van der Waals surface area (Å²) in [6, 6.07) is 4.98. The Bertz CT molecular complexity index is 857. The molecular formula is C18H21F3N6O. The lowest BCUT2D eigenvalue weighted by atomic mass is 9.91. The number of aromatic nitrogens is 2. The highest BCUT2D eigenvalue weighted by atomic mass is 19.4. The van der Waals surface area contributed by atoms with Crippen LogP contribution in [-0.2, 0) is 6.18 Å². The average Bonchev–Trinajstić information content (AvgIpc) is 2.63. The molecule has 2 atom stereocenters. The monoisotopic (exact) mass is 394 g/mol. The number of nitrogens with two attached hydrogens (primary N) is 2. The first-order valence-corrected chi connectivity index (χ1v) is 8.87. The molecule has 1 amide bonds. The van der Waals surface area contributed by atoms with Crippen LogP contribution in [0, 0.1) is 0 Å². The van der Waals surface area contributed by atoms with Gasteiger partial charge in [-0.05, 0) is 25.0 Å². The molecule has 1 aliphatic rings. The minimum absolute atomic E-state index is 0.0205. The number of pyridine rings is 2. The number of primary amides is 1. The van der Waals surface area contributed by atoms with Crippen molar-refractivity contribution in [3.8, 4) is 0 Å². The van der Waals surface area contributed by atoms with Crippen molar-refractivity contribution in [1.29, 1.82) is 0 Å². The van der Waals surface area contributed by atoms with Crippen molar-refractivity contribution < 1.29 is 18.0 Å². The molecule has 1 aliphatic carbocycles. The molecule has 28 heavy (non-hydrogen) atoms. The van der Waals surface area contributed by atoms with Crippen LogP contribution in [0.5, 0.6) is 0 Å². The van der Waals surface area contributed by atoms with Crippen molar-refractivity contribution in [2.75, 3.05) is 10.6 Å². The van der Waals surface area contributed by atoms with Gasteiger partial charge in [-0.25, -0.2) is 9.97 Å². The molecule has 0 aliphatic heterocycles. The van der Waals surface area contributed by atoms with E-state index in [0.29, 0.717) is 5.82 Å². The van der Waals surface area contributed by atoms with Crippen LogP contribution in [0.15, 0.2) is 30.5 Å². The molecule has 0 aromatic carbocycles. The Balaban J connectivity index is 1.87. The summed E-state index contributed by atoms with van der Waals surface area (Å²) < 4.78 is 38.6. The molecule has 150 valence electrons. The second-order valence-corrected chi connectivity index (χ2v) is 6.71. The first-order chi connectivity index (χ1) is 13.2. The number of nitrogens with zero attached hydrogens (tertiary/aromatic N) is 2. The lowest BCUT2D eigenvalue weighted by Crippen LogP contribution is -2.42. The van der Waals surface area contributed by atoms with Gasteiger partial charge in [-0.2, -0.15) is 13.2 Å². The maximum Gasteiger partial charge on any atom is 0.433 e. The Hall–Kier alpha value is -2.88. The smallest absolute Gasteiger partial charge is 0.366 e. The first-order valence-electron chi connectivity index (χ1n) is 8.87. The summed E-state index contributed by atoms with van der Waals surface area (Å²) in [5.41, 5.74) is 10.7. The zero-order valence-corrected chi connectivity index (χ0v) is 15.0. The minimum Gasteiger partial charge on any atom is -0.366 e. The summed E-state index contributed by atoms with van der Waals surface area (Å²) in [7, 11) is 0. The Morgan fingerprint density at radius 1 is 1.18 bits per heavy atom. The maximum atomic E-state index is 12.9. The van der Waals surface area contributed by atoms with Gasteiger partial charge in [-0.3, -0.25) is 4.79 Å². The third-order valence-electron chi connectivity index (χ3n) is 4.62. The van der Waals surface area contributed by atoms with Gasteiger partial charge in [-0.15, -0.1) is 0 Å². The molecule has 0 spiro atoms. The van der Waals surface area contributed by atoms with Crippen LogP contribution in [0.4, 0.5) is 30.5 Å². The number of alkyl halides is 3. The summed E-state index contributed by atoms with van der Waals surface area (Å²) in [6.45, 7) is 0. The Morgan fingerprint density at radius 2 is 1.93 bits per heavy atom. The van der Waals surface area contributed by atoms with Gasteiger partial charge in [0.2, 0.25) is 0 Å². The molecule has 2 heterocycles. The van der Waals surface area contributed by atoms with E-state index in [1.807, 2.05) is 0 Å². The van der Waals surface area contributed by atoms with Gasteiger partial charge in [0.25, 0.3) is 5.91 Å². The molecule has 1 saturated carbocycles. The van der Waals surface area contributed by atoms with Crippen molar-refractivity contribution >= 4 is 23.2 Å². The minimum atomic E-state index is -4.58. The van der Waals surface area contributed by atoms with Gasteiger partial charge in [0.15, 0.2) is 0 Å². The molecular weight excluding hydrogens is 373 g/mol. The predicted molar refractivity (Wildman–Crippen MR) is 99.1 cm³/mol. The molecule has 0 bridgehead atoms. The number of nitrogens with one attached hydrogen (secondary N) is 2. The van der Waals surface area contributed by atoms with E-state index in [0.717, 1.165) is 31.7 Å². The fraction of sp³-hybridized carbons (Fsp3) is 0.389. The van der Waals surface area contributed by atoms with Crippen LogP contribution in [0.1, 0.15) is 41.7 Å². The van der Waals surface area contributed by atoms with E-state index in [1.54, 1.807) is 0 Å². The Labute approximate surface area is 159 Å². The molecule has 6 N–H and O–H groups in total. The molecule has 7 nitrogen and oxygen atoms in total. The highest BCUT2D eigenvalue weighted by Crippen LogP contribution is 2.30. The lowest BCUT2D eigenvalue weighted by Gasteiger charge is -2.29. The quantitative estimate of drug-likeness (QED) is 0.619. The molecule has 1 fully saturated rings. The third-order valence-corrected chi connectivity index (χ3v) is 4.62. The molecule has 0 saturated heterocycles. The standard InChI is InChI=1S/C18H21F3N6O/c19-18(20,21)14-6-3-7-15(27-14)26-13-8-16(24-9-10(13)17(23)28)25-12-5-2-1-4-11(12)22/h3,6-9,11-12H,1-2,4-5,22H2,(H2,23,28)(H2,24,25,26,27)/t11?,12-/m1/s1. The number of carbonyl (C=O) groups is 1. The lowest BCUT2D eigenvalue weighted by molar-refractivity contribution is -0.141. The average molecular weight is 394 g/mol. The van der Waals surface area contributed by atoms with Gasteiger partial charge >= 0.3 is 6.18 Å². The van der Waals surface area contributed by atoms with E-state index < -0.39 is 17.8 Å². The van der Waals surface area contributed by atoms with Crippen molar-refractivity contribution in [1.82, 2.24) is 9.97 Å². The number of amides is 1. The zero-order valence-electron chi connectivity index (χ0n) is 15.0. The van der Waals surface area contributed by atoms with Gasteiger partial charge in [-0.1, -0.05) is 18.9 Å². The van der Waals surface area contributed by atoms with E-state index >= 15 is 0 Å². The van der Waals surface area contributed by atoms with Crippen LogP contribution < -0.4 is 22.1 Å². The maximum absolute atomic E-state index is 12.9. The van der Waals surface area contributed by atoms with Crippen LogP contribution in [0.25, 0.3) is 0 Å². The normalized spacial score (nSPS) is 19.9.